The maximum atomic E-state index is 13.1. The van der Waals surface area contributed by atoms with E-state index in [9.17, 15) is 19.4 Å². The molecule has 0 aliphatic carbocycles. The summed E-state index contributed by atoms with van der Waals surface area (Å²) in [6, 6.07) is 8.80. The number of hydrogen-bond donors (Lipinski definition) is 3. The van der Waals surface area contributed by atoms with Crippen molar-refractivity contribution in [2.45, 2.75) is 13.2 Å². The van der Waals surface area contributed by atoms with Crippen molar-refractivity contribution >= 4 is 43.8 Å². The van der Waals surface area contributed by atoms with E-state index in [0.717, 1.165) is 10.1 Å². The number of anilines is 1. The summed E-state index contributed by atoms with van der Waals surface area (Å²) >= 11 is 1.24. The summed E-state index contributed by atoms with van der Waals surface area (Å²) in [5, 5.41) is 20.4. The molecule has 2 aromatic carbocycles. The molecule has 0 radical (unpaired) electrons. The van der Waals surface area contributed by atoms with Gasteiger partial charge < -0.3 is 15.9 Å². The second kappa shape index (κ2) is 6.70. The number of pyridine rings is 1. The monoisotopic (exact) mass is 382 g/mol. The highest BCUT2D eigenvalue weighted by atomic mass is 32.1. The standard InChI is InChI=1S/C20H15FN2O3S/c21-13-3-1-10(2-4-13)18(26)20-17(22)15-7-23-16-6-12(9-25)11(8-24)5-14(16)19(15)27-20/h1-7,24-25H,8-9,22H2. The second-order valence-corrected chi connectivity index (χ2v) is 7.16. The van der Waals surface area contributed by atoms with Crippen molar-refractivity contribution in [3.8, 4) is 0 Å². The highest BCUT2D eigenvalue weighted by Crippen LogP contribution is 2.39. The number of hydrogen-bond acceptors (Lipinski definition) is 6. The van der Waals surface area contributed by atoms with Gasteiger partial charge in [-0.1, -0.05) is 0 Å². The summed E-state index contributed by atoms with van der Waals surface area (Å²) in [6.45, 7) is -0.420. The van der Waals surface area contributed by atoms with Crippen molar-refractivity contribution < 1.29 is 19.4 Å². The SMILES string of the molecule is Nc1c(C(=O)c2ccc(F)cc2)sc2c1cnc1cc(CO)c(CO)cc12. The van der Waals surface area contributed by atoms with E-state index in [-0.39, 0.29) is 19.0 Å². The molecule has 5 nitrogen and oxygen atoms in total. The number of aliphatic hydroxyl groups excluding tert-OH is 2. The van der Waals surface area contributed by atoms with E-state index in [0.29, 0.717) is 38.2 Å². The largest absolute Gasteiger partial charge is 0.397 e. The van der Waals surface area contributed by atoms with E-state index in [1.165, 1.54) is 35.6 Å². The molecule has 136 valence electrons. The Morgan fingerprint density at radius 1 is 1.07 bits per heavy atom. The van der Waals surface area contributed by atoms with Gasteiger partial charge in [0.25, 0.3) is 0 Å². The predicted molar refractivity (Wildman–Crippen MR) is 103 cm³/mol. The maximum absolute atomic E-state index is 13.1. The van der Waals surface area contributed by atoms with E-state index in [1.54, 1.807) is 18.3 Å². The first-order valence-electron chi connectivity index (χ1n) is 8.18. The lowest BCUT2D eigenvalue weighted by Gasteiger charge is -2.07. The number of halogens is 1. The molecule has 2 heterocycles. The number of aliphatic hydroxyl groups is 2. The number of fused-ring (bicyclic) bond motifs is 3. The fourth-order valence-electron chi connectivity index (χ4n) is 3.08. The molecule has 4 rings (SSSR count). The first kappa shape index (κ1) is 17.5. The number of ketones is 1. The molecule has 0 spiro atoms. The van der Waals surface area contributed by atoms with E-state index in [4.69, 9.17) is 5.73 Å². The van der Waals surface area contributed by atoms with Gasteiger partial charge in [0, 0.05) is 27.2 Å². The number of thiophene rings is 1. The van der Waals surface area contributed by atoms with Crippen molar-refractivity contribution in [1.82, 2.24) is 4.98 Å². The van der Waals surface area contributed by atoms with Crippen LogP contribution in [0.25, 0.3) is 21.0 Å². The van der Waals surface area contributed by atoms with Crippen molar-refractivity contribution in [2.75, 3.05) is 5.73 Å². The summed E-state index contributed by atoms with van der Waals surface area (Å²) in [6.07, 6.45) is 1.60. The van der Waals surface area contributed by atoms with Gasteiger partial charge in [-0.2, -0.15) is 0 Å². The van der Waals surface area contributed by atoms with Crippen LogP contribution in [0.5, 0.6) is 0 Å². The molecular weight excluding hydrogens is 367 g/mol. The fourth-order valence-corrected chi connectivity index (χ4v) is 4.26. The Bertz CT molecular complexity index is 1190. The quantitative estimate of drug-likeness (QED) is 0.470. The van der Waals surface area contributed by atoms with Gasteiger partial charge >= 0.3 is 0 Å². The number of nitrogens with zero attached hydrogens (tertiary/aromatic N) is 1. The molecule has 2 aromatic heterocycles. The first-order valence-corrected chi connectivity index (χ1v) is 8.99. The van der Waals surface area contributed by atoms with Crippen molar-refractivity contribution in [3.05, 3.63) is 70.0 Å². The zero-order valence-corrected chi connectivity index (χ0v) is 14.9. The van der Waals surface area contributed by atoms with Crippen LogP contribution in [0.15, 0.2) is 42.6 Å². The van der Waals surface area contributed by atoms with Gasteiger partial charge in [0.2, 0.25) is 5.78 Å². The Morgan fingerprint density at radius 2 is 1.74 bits per heavy atom. The summed E-state index contributed by atoms with van der Waals surface area (Å²) < 4.78 is 13.9. The van der Waals surface area contributed by atoms with Crippen molar-refractivity contribution in [3.63, 3.8) is 0 Å². The zero-order valence-electron chi connectivity index (χ0n) is 14.1. The Kier molecular flexibility index (Phi) is 4.35. The molecule has 0 saturated heterocycles. The van der Waals surface area contributed by atoms with Crippen LogP contribution in [0.2, 0.25) is 0 Å². The summed E-state index contributed by atoms with van der Waals surface area (Å²) in [5.41, 5.74) is 8.73. The molecule has 0 unspecified atom stereocenters. The second-order valence-electron chi connectivity index (χ2n) is 6.14. The topological polar surface area (TPSA) is 96.4 Å². The Hall–Kier alpha value is -2.87. The number of rotatable bonds is 4. The van der Waals surface area contributed by atoms with Crippen LogP contribution >= 0.6 is 11.3 Å². The highest BCUT2D eigenvalue weighted by Gasteiger charge is 2.20. The van der Waals surface area contributed by atoms with Crippen LogP contribution in [0.4, 0.5) is 10.1 Å². The third-order valence-corrected chi connectivity index (χ3v) is 5.79. The van der Waals surface area contributed by atoms with E-state index in [1.807, 2.05) is 0 Å². The lowest BCUT2D eigenvalue weighted by atomic mass is 10.0. The lowest BCUT2D eigenvalue weighted by Crippen LogP contribution is -2.02. The van der Waals surface area contributed by atoms with Crippen LogP contribution in [0, 0.1) is 5.82 Å². The van der Waals surface area contributed by atoms with Gasteiger partial charge in [0.1, 0.15) is 5.82 Å². The average molecular weight is 382 g/mol. The van der Waals surface area contributed by atoms with Crippen LogP contribution in [-0.4, -0.2) is 21.0 Å². The Balaban J connectivity index is 1.93. The van der Waals surface area contributed by atoms with Crippen molar-refractivity contribution in [2.24, 2.45) is 0 Å². The third-order valence-electron chi connectivity index (χ3n) is 4.53. The van der Waals surface area contributed by atoms with Crippen LogP contribution in [0.3, 0.4) is 0 Å². The molecule has 0 fully saturated rings. The average Bonchev–Trinajstić information content (AvgIpc) is 3.03. The number of benzene rings is 2. The molecule has 4 aromatic rings. The van der Waals surface area contributed by atoms with Gasteiger partial charge in [-0.05, 0) is 47.5 Å². The number of nitrogen functional groups attached to an aromatic ring is 1. The zero-order chi connectivity index (χ0) is 19.1. The smallest absolute Gasteiger partial charge is 0.205 e. The molecule has 7 heteroatoms. The normalized spacial score (nSPS) is 11.4. The maximum Gasteiger partial charge on any atom is 0.205 e. The Labute approximate surface area is 157 Å². The highest BCUT2D eigenvalue weighted by molar-refractivity contribution is 7.22. The van der Waals surface area contributed by atoms with Gasteiger partial charge in [-0.15, -0.1) is 11.3 Å². The van der Waals surface area contributed by atoms with Gasteiger partial charge in [0.15, 0.2) is 0 Å². The minimum Gasteiger partial charge on any atom is -0.397 e. The molecular formula is C20H15FN2O3S. The Morgan fingerprint density at radius 3 is 2.41 bits per heavy atom. The molecule has 0 amide bonds. The van der Waals surface area contributed by atoms with E-state index < -0.39 is 5.82 Å². The predicted octanol–water partition coefficient (Wildman–Crippen LogP) is 3.39. The molecule has 0 atom stereocenters. The summed E-state index contributed by atoms with van der Waals surface area (Å²) in [7, 11) is 0. The summed E-state index contributed by atoms with van der Waals surface area (Å²) in [5.74, 6) is -0.696. The number of aromatic nitrogens is 1. The van der Waals surface area contributed by atoms with E-state index >= 15 is 0 Å². The van der Waals surface area contributed by atoms with Crippen LogP contribution in [-0.2, 0) is 13.2 Å². The molecule has 0 aliphatic heterocycles. The fraction of sp³-hybridized carbons (Fsp3) is 0.100. The molecule has 0 saturated carbocycles. The van der Waals surface area contributed by atoms with Gasteiger partial charge in [0.05, 0.1) is 29.3 Å². The number of carbonyl (C=O) groups excluding carboxylic acids is 1. The molecule has 0 bridgehead atoms. The van der Waals surface area contributed by atoms with Gasteiger partial charge in [-0.25, -0.2) is 4.39 Å². The minimum absolute atomic E-state index is 0.202. The summed E-state index contributed by atoms with van der Waals surface area (Å²) in [4.78, 5) is 17.6. The molecule has 4 N–H and O–H groups in total. The lowest BCUT2D eigenvalue weighted by molar-refractivity contribution is 0.104. The molecule has 0 aliphatic rings. The van der Waals surface area contributed by atoms with Gasteiger partial charge in [-0.3, -0.25) is 9.78 Å². The molecule has 27 heavy (non-hydrogen) atoms. The van der Waals surface area contributed by atoms with Crippen LogP contribution < -0.4 is 5.73 Å². The van der Waals surface area contributed by atoms with Crippen LogP contribution in [0.1, 0.15) is 26.4 Å². The minimum atomic E-state index is -0.415. The van der Waals surface area contributed by atoms with Crippen molar-refractivity contribution in [1.29, 1.82) is 0 Å². The number of nitrogens with two attached hydrogens (primary N) is 1. The first-order chi connectivity index (χ1) is 13.0. The third kappa shape index (κ3) is 2.86. The number of carbonyl (C=O) groups is 1. The van der Waals surface area contributed by atoms with E-state index in [2.05, 4.69) is 4.98 Å².